The molecule has 1 aliphatic carbocycles. The Morgan fingerprint density at radius 3 is 2.58 bits per heavy atom. The smallest absolute Gasteiger partial charge is 0.319 e. The van der Waals surface area contributed by atoms with Crippen molar-refractivity contribution in [1.29, 1.82) is 0 Å². The van der Waals surface area contributed by atoms with E-state index in [2.05, 4.69) is 9.97 Å². The Balaban J connectivity index is 1.95. The Morgan fingerprint density at radius 1 is 1.14 bits per heavy atom. The summed E-state index contributed by atoms with van der Waals surface area (Å²) in [4.78, 5) is 22.3. The predicted octanol–water partition coefficient (Wildman–Crippen LogP) is 5.30. The second-order valence-electron chi connectivity index (χ2n) is 8.37. The maximum atomic E-state index is 13.8. The summed E-state index contributed by atoms with van der Waals surface area (Å²) in [6.07, 6.45) is 10.7. The van der Waals surface area contributed by atoms with E-state index in [-0.39, 0.29) is 11.6 Å². The Hall–Kier alpha value is -3.78. The van der Waals surface area contributed by atoms with Gasteiger partial charge in [0.05, 0.1) is 32.1 Å². The van der Waals surface area contributed by atoms with E-state index in [4.69, 9.17) is 31.5 Å². The molecule has 4 rings (SSSR count). The van der Waals surface area contributed by atoms with Gasteiger partial charge < -0.3 is 19.9 Å². The number of hydrogen-bond acceptors (Lipinski definition) is 7. The molecule has 3 aromatic rings. The van der Waals surface area contributed by atoms with Gasteiger partial charge in [0.1, 0.15) is 5.75 Å². The van der Waals surface area contributed by atoms with Crippen molar-refractivity contribution >= 4 is 17.3 Å². The van der Waals surface area contributed by atoms with Crippen LogP contribution in [0, 0.1) is 0 Å². The average molecular weight is 509 g/mol. The number of rotatable bonds is 9. The van der Waals surface area contributed by atoms with E-state index >= 15 is 0 Å². The first-order valence-corrected chi connectivity index (χ1v) is 12.1. The molecular formula is C27H29ClN4O4. The third kappa shape index (κ3) is 5.39. The molecule has 1 aromatic carbocycles. The Morgan fingerprint density at radius 2 is 1.94 bits per heavy atom. The zero-order valence-corrected chi connectivity index (χ0v) is 21.3. The van der Waals surface area contributed by atoms with Crippen LogP contribution in [0.25, 0.3) is 28.0 Å². The van der Waals surface area contributed by atoms with Crippen molar-refractivity contribution in [3.63, 3.8) is 0 Å². The fraction of sp³-hybridized carbons (Fsp3) is 0.296. The van der Waals surface area contributed by atoms with Crippen LogP contribution in [0.3, 0.4) is 0 Å². The SMILES string of the molecule is CCCOc1cc(Cl)cc(-c2cc(-c3cnc(OC)nc3OC)cn(/C(C=C3CCC3)=C/N)c2=O)c1. The molecule has 1 aliphatic rings. The summed E-state index contributed by atoms with van der Waals surface area (Å²) in [5, 5.41) is 0.464. The Labute approximate surface area is 215 Å². The van der Waals surface area contributed by atoms with Gasteiger partial charge in [-0.3, -0.25) is 9.36 Å². The lowest BCUT2D eigenvalue weighted by atomic mass is 9.91. The van der Waals surface area contributed by atoms with E-state index in [0.717, 1.165) is 25.7 Å². The van der Waals surface area contributed by atoms with Gasteiger partial charge in [0.2, 0.25) is 5.88 Å². The monoisotopic (exact) mass is 508 g/mol. The van der Waals surface area contributed by atoms with Gasteiger partial charge in [-0.05, 0) is 61.6 Å². The molecule has 0 aliphatic heterocycles. The fourth-order valence-corrected chi connectivity index (χ4v) is 4.11. The molecule has 188 valence electrons. The van der Waals surface area contributed by atoms with Gasteiger partial charge in [0, 0.05) is 34.7 Å². The third-order valence-electron chi connectivity index (χ3n) is 5.89. The van der Waals surface area contributed by atoms with Crippen LogP contribution in [0.15, 0.2) is 59.3 Å². The number of nitrogens with two attached hydrogens (primary N) is 1. The molecule has 0 spiro atoms. The fourth-order valence-electron chi connectivity index (χ4n) is 3.88. The lowest BCUT2D eigenvalue weighted by Crippen LogP contribution is -2.21. The zero-order chi connectivity index (χ0) is 25.7. The van der Waals surface area contributed by atoms with Crippen LogP contribution in [0.5, 0.6) is 17.6 Å². The first-order chi connectivity index (χ1) is 17.5. The van der Waals surface area contributed by atoms with Crippen LogP contribution >= 0.6 is 11.6 Å². The number of halogens is 1. The molecule has 2 aromatic heterocycles. The Bertz CT molecular complexity index is 1370. The summed E-state index contributed by atoms with van der Waals surface area (Å²) in [5.41, 5.74) is 9.86. The quantitative estimate of drug-likeness (QED) is 0.418. The zero-order valence-electron chi connectivity index (χ0n) is 20.6. The van der Waals surface area contributed by atoms with Crippen LogP contribution in [0.1, 0.15) is 32.6 Å². The molecule has 9 heteroatoms. The lowest BCUT2D eigenvalue weighted by Gasteiger charge is -2.19. The van der Waals surface area contributed by atoms with Crippen molar-refractivity contribution in [3.05, 3.63) is 69.9 Å². The molecule has 1 saturated carbocycles. The molecule has 2 N–H and O–H groups in total. The van der Waals surface area contributed by atoms with Gasteiger partial charge in [0.15, 0.2) is 0 Å². The first-order valence-electron chi connectivity index (χ1n) is 11.7. The van der Waals surface area contributed by atoms with Crippen molar-refractivity contribution in [3.8, 4) is 39.9 Å². The number of pyridine rings is 1. The van der Waals surface area contributed by atoms with Crippen LogP contribution in [-0.2, 0) is 0 Å². The number of benzene rings is 1. The summed E-state index contributed by atoms with van der Waals surface area (Å²) in [5.74, 6) is 0.902. The molecule has 36 heavy (non-hydrogen) atoms. The summed E-state index contributed by atoms with van der Waals surface area (Å²) >= 11 is 6.41. The average Bonchev–Trinajstić information content (AvgIpc) is 2.86. The van der Waals surface area contributed by atoms with Crippen molar-refractivity contribution in [2.45, 2.75) is 32.6 Å². The highest BCUT2D eigenvalue weighted by molar-refractivity contribution is 6.31. The molecule has 1 fully saturated rings. The molecule has 0 radical (unpaired) electrons. The van der Waals surface area contributed by atoms with Crippen molar-refractivity contribution in [2.24, 2.45) is 5.73 Å². The van der Waals surface area contributed by atoms with E-state index in [9.17, 15) is 4.79 Å². The number of hydrogen-bond donors (Lipinski definition) is 1. The van der Waals surface area contributed by atoms with Crippen LogP contribution in [0.2, 0.25) is 5.02 Å². The number of ether oxygens (including phenoxy) is 3. The number of allylic oxidation sites excluding steroid dienone is 3. The maximum Gasteiger partial charge on any atom is 0.319 e. The van der Waals surface area contributed by atoms with Crippen LogP contribution < -0.4 is 25.5 Å². The van der Waals surface area contributed by atoms with Crippen LogP contribution in [0.4, 0.5) is 0 Å². The molecular weight excluding hydrogens is 480 g/mol. The van der Waals surface area contributed by atoms with Gasteiger partial charge in [0.25, 0.3) is 5.56 Å². The summed E-state index contributed by atoms with van der Waals surface area (Å²) in [6.45, 7) is 2.56. The lowest BCUT2D eigenvalue weighted by molar-refractivity contribution is 0.317. The molecule has 0 bridgehead atoms. The van der Waals surface area contributed by atoms with Crippen molar-refractivity contribution < 1.29 is 14.2 Å². The summed E-state index contributed by atoms with van der Waals surface area (Å²) in [7, 11) is 3.00. The second-order valence-corrected chi connectivity index (χ2v) is 8.81. The first kappa shape index (κ1) is 25.3. The number of nitrogens with zero attached hydrogens (tertiary/aromatic N) is 3. The summed E-state index contributed by atoms with van der Waals surface area (Å²) < 4.78 is 18.0. The molecule has 0 atom stereocenters. The van der Waals surface area contributed by atoms with Gasteiger partial charge in [-0.2, -0.15) is 4.98 Å². The van der Waals surface area contributed by atoms with E-state index in [1.165, 1.54) is 30.6 Å². The molecule has 8 nitrogen and oxygen atoms in total. The van der Waals surface area contributed by atoms with Gasteiger partial charge >= 0.3 is 6.01 Å². The predicted molar refractivity (Wildman–Crippen MR) is 141 cm³/mol. The Kier molecular flexibility index (Phi) is 7.95. The largest absolute Gasteiger partial charge is 0.494 e. The highest BCUT2D eigenvalue weighted by Crippen LogP contribution is 2.34. The molecule has 2 heterocycles. The standard InChI is InChI=1S/C27H29ClN4O4/c1-4-8-36-22-11-18(10-20(28)13-22)23-12-19(24-15-30-27(35-3)31-25(24)34-2)16-32(26(23)33)21(14-29)9-17-6-5-7-17/h9-16H,4-8,29H2,1-3H3/b21-14+. The number of aromatic nitrogens is 3. The molecule has 0 saturated heterocycles. The molecule has 0 amide bonds. The second kappa shape index (κ2) is 11.3. The normalized spacial score (nSPS) is 13.2. The molecule has 0 unspecified atom stereocenters. The maximum absolute atomic E-state index is 13.8. The minimum absolute atomic E-state index is 0.175. The van der Waals surface area contributed by atoms with Crippen molar-refractivity contribution in [2.75, 3.05) is 20.8 Å². The minimum Gasteiger partial charge on any atom is -0.494 e. The summed E-state index contributed by atoms with van der Waals surface area (Å²) in [6, 6.07) is 7.23. The van der Waals surface area contributed by atoms with Gasteiger partial charge in [-0.25, -0.2) is 4.98 Å². The van der Waals surface area contributed by atoms with E-state index < -0.39 is 0 Å². The van der Waals surface area contributed by atoms with Crippen molar-refractivity contribution in [1.82, 2.24) is 14.5 Å². The van der Waals surface area contributed by atoms with E-state index in [1.54, 1.807) is 30.6 Å². The topological polar surface area (TPSA) is 101 Å². The van der Waals surface area contributed by atoms with Gasteiger partial charge in [-0.15, -0.1) is 0 Å². The third-order valence-corrected chi connectivity index (χ3v) is 6.11. The highest BCUT2D eigenvalue weighted by atomic mass is 35.5. The van der Waals surface area contributed by atoms with Gasteiger partial charge in [-0.1, -0.05) is 24.1 Å². The van der Waals surface area contributed by atoms with Crippen LogP contribution in [-0.4, -0.2) is 35.4 Å². The van der Waals surface area contributed by atoms with E-state index in [1.807, 2.05) is 19.1 Å². The number of methoxy groups -OCH3 is 2. The highest BCUT2D eigenvalue weighted by Gasteiger charge is 2.18. The minimum atomic E-state index is -0.247. The van der Waals surface area contributed by atoms with E-state index in [0.29, 0.717) is 51.2 Å².